The molecule has 2 atom stereocenters. The third kappa shape index (κ3) is 3.14. The predicted molar refractivity (Wildman–Crippen MR) is 82.3 cm³/mol. The Labute approximate surface area is 119 Å². The number of hydrogen-bond donors (Lipinski definition) is 1. The normalized spacial score (nSPS) is 41.7. The molecule has 0 aromatic rings. The van der Waals surface area contributed by atoms with Gasteiger partial charge in [0.15, 0.2) is 0 Å². The van der Waals surface area contributed by atoms with Crippen molar-refractivity contribution in [2.75, 3.05) is 27.2 Å². The van der Waals surface area contributed by atoms with Gasteiger partial charge < -0.3 is 10.6 Å². The number of likely N-dealkylation sites (N-methyl/N-ethyl adjacent to an activating group) is 1. The Balaban J connectivity index is 2.04. The molecular weight excluding hydrogens is 234 g/mol. The van der Waals surface area contributed by atoms with Crippen molar-refractivity contribution < 1.29 is 0 Å². The molecule has 112 valence electrons. The highest BCUT2D eigenvalue weighted by Crippen LogP contribution is 2.36. The minimum atomic E-state index is 0.247. The van der Waals surface area contributed by atoms with Crippen molar-refractivity contribution in [3.05, 3.63) is 0 Å². The van der Waals surface area contributed by atoms with Crippen molar-refractivity contribution in [2.45, 2.75) is 70.0 Å². The predicted octanol–water partition coefficient (Wildman–Crippen LogP) is 2.31. The third-order valence-electron chi connectivity index (χ3n) is 6.02. The Morgan fingerprint density at radius 3 is 2.37 bits per heavy atom. The number of hydrogen-bond acceptors (Lipinski definition) is 3. The number of piperidine rings is 1. The molecule has 3 nitrogen and oxygen atoms in total. The zero-order chi connectivity index (χ0) is 14.0. The van der Waals surface area contributed by atoms with Crippen LogP contribution in [-0.2, 0) is 0 Å². The highest BCUT2D eigenvalue weighted by molar-refractivity contribution is 5.00. The van der Waals surface area contributed by atoms with Gasteiger partial charge in [-0.15, -0.1) is 0 Å². The van der Waals surface area contributed by atoms with Gasteiger partial charge in [-0.05, 0) is 72.0 Å². The number of nitrogens with zero attached hydrogens (tertiary/aromatic N) is 2. The lowest BCUT2D eigenvalue weighted by atomic mass is 9.78. The molecule has 2 fully saturated rings. The summed E-state index contributed by atoms with van der Waals surface area (Å²) in [5.74, 6) is 0.926. The highest BCUT2D eigenvalue weighted by Gasteiger charge is 2.42. The van der Waals surface area contributed by atoms with Gasteiger partial charge in [0.1, 0.15) is 0 Å². The van der Waals surface area contributed by atoms with Crippen molar-refractivity contribution in [1.29, 1.82) is 0 Å². The molecular formula is C16H33N3. The zero-order valence-corrected chi connectivity index (χ0v) is 13.4. The molecule has 0 spiro atoms. The van der Waals surface area contributed by atoms with E-state index in [-0.39, 0.29) is 5.54 Å². The van der Waals surface area contributed by atoms with Crippen LogP contribution in [0.3, 0.4) is 0 Å². The Morgan fingerprint density at radius 1 is 1.21 bits per heavy atom. The molecule has 0 amide bonds. The van der Waals surface area contributed by atoms with Crippen LogP contribution in [0.2, 0.25) is 0 Å². The van der Waals surface area contributed by atoms with Crippen molar-refractivity contribution in [2.24, 2.45) is 11.7 Å². The zero-order valence-electron chi connectivity index (χ0n) is 13.4. The second-order valence-corrected chi connectivity index (χ2v) is 7.24. The fraction of sp³-hybridized carbons (Fsp3) is 1.00. The van der Waals surface area contributed by atoms with E-state index in [1.165, 1.54) is 45.1 Å². The standard InChI is InChI=1S/C16H33N3/c1-13-5-7-15(8-6-13)19(4)16(12-17)9-10-18(3)14(2)11-16/h13-15H,5-12,17H2,1-4H3. The average Bonchev–Trinajstić information content (AvgIpc) is 2.42. The fourth-order valence-electron chi connectivity index (χ4n) is 4.08. The molecule has 1 heterocycles. The maximum Gasteiger partial charge on any atom is 0.0358 e. The largest absolute Gasteiger partial charge is 0.329 e. The molecule has 2 rings (SSSR count). The Hall–Kier alpha value is -0.120. The van der Waals surface area contributed by atoms with E-state index in [0.29, 0.717) is 6.04 Å². The van der Waals surface area contributed by atoms with E-state index in [1.807, 2.05) is 0 Å². The quantitative estimate of drug-likeness (QED) is 0.852. The molecule has 0 aromatic carbocycles. The first-order valence-corrected chi connectivity index (χ1v) is 8.12. The second kappa shape index (κ2) is 6.11. The summed E-state index contributed by atoms with van der Waals surface area (Å²) in [4.78, 5) is 5.15. The first kappa shape index (κ1) is 15.3. The van der Waals surface area contributed by atoms with Crippen LogP contribution in [-0.4, -0.2) is 54.6 Å². The van der Waals surface area contributed by atoms with Gasteiger partial charge in [-0.2, -0.15) is 0 Å². The van der Waals surface area contributed by atoms with E-state index in [2.05, 4.69) is 37.7 Å². The third-order valence-corrected chi connectivity index (χ3v) is 6.02. The molecule has 0 aromatic heterocycles. The average molecular weight is 267 g/mol. The Morgan fingerprint density at radius 2 is 1.84 bits per heavy atom. The molecule has 19 heavy (non-hydrogen) atoms. The van der Waals surface area contributed by atoms with Crippen LogP contribution in [0, 0.1) is 5.92 Å². The Kier molecular flexibility index (Phi) is 4.91. The van der Waals surface area contributed by atoms with E-state index >= 15 is 0 Å². The molecule has 1 aliphatic carbocycles. The van der Waals surface area contributed by atoms with E-state index < -0.39 is 0 Å². The van der Waals surface area contributed by atoms with Gasteiger partial charge in [0.2, 0.25) is 0 Å². The summed E-state index contributed by atoms with van der Waals surface area (Å²) >= 11 is 0. The van der Waals surface area contributed by atoms with Gasteiger partial charge >= 0.3 is 0 Å². The van der Waals surface area contributed by atoms with Crippen LogP contribution in [0.4, 0.5) is 0 Å². The SMILES string of the molecule is CC1CCC(N(C)C2(CN)CCN(C)C(C)C2)CC1. The van der Waals surface area contributed by atoms with E-state index in [4.69, 9.17) is 5.73 Å². The molecule has 3 heteroatoms. The lowest BCUT2D eigenvalue weighted by Crippen LogP contribution is -2.62. The van der Waals surface area contributed by atoms with Gasteiger partial charge in [-0.1, -0.05) is 6.92 Å². The molecule has 2 unspecified atom stereocenters. The van der Waals surface area contributed by atoms with Crippen LogP contribution >= 0.6 is 0 Å². The van der Waals surface area contributed by atoms with E-state index in [9.17, 15) is 0 Å². The van der Waals surface area contributed by atoms with Crippen LogP contribution < -0.4 is 5.73 Å². The lowest BCUT2D eigenvalue weighted by Gasteiger charge is -2.52. The van der Waals surface area contributed by atoms with Gasteiger partial charge in [-0.3, -0.25) is 4.90 Å². The van der Waals surface area contributed by atoms with Gasteiger partial charge in [0, 0.05) is 24.2 Å². The monoisotopic (exact) mass is 267 g/mol. The fourth-order valence-corrected chi connectivity index (χ4v) is 4.08. The summed E-state index contributed by atoms with van der Waals surface area (Å²) in [7, 11) is 4.58. The highest BCUT2D eigenvalue weighted by atomic mass is 15.3. The minimum Gasteiger partial charge on any atom is -0.329 e. The summed E-state index contributed by atoms with van der Waals surface area (Å²) in [5.41, 5.74) is 6.47. The van der Waals surface area contributed by atoms with Crippen molar-refractivity contribution in [3.8, 4) is 0 Å². The molecule has 2 N–H and O–H groups in total. The van der Waals surface area contributed by atoms with Crippen LogP contribution in [0.25, 0.3) is 0 Å². The molecule has 1 aliphatic heterocycles. The van der Waals surface area contributed by atoms with Crippen molar-refractivity contribution >= 4 is 0 Å². The summed E-state index contributed by atoms with van der Waals surface area (Å²) in [6.07, 6.45) is 7.97. The molecule has 2 aliphatic rings. The van der Waals surface area contributed by atoms with Crippen LogP contribution in [0.5, 0.6) is 0 Å². The molecule has 0 bridgehead atoms. The van der Waals surface area contributed by atoms with Gasteiger partial charge in [0.25, 0.3) is 0 Å². The summed E-state index contributed by atoms with van der Waals surface area (Å²) in [6.45, 7) is 6.74. The smallest absolute Gasteiger partial charge is 0.0358 e. The minimum absolute atomic E-state index is 0.247. The van der Waals surface area contributed by atoms with Crippen LogP contribution in [0.1, 0.15) is 52.4 Å². The lowest BCUT2D eigenvalue weighted by molar-refractivity contribution is -0.0111. The molecule has 1 saturated carbocycles. The second-order valence-electron chi connectivity index (χ2n) is 7.24. The van der Waals surface area contributed by atoms with Gasteiger partial charge in [-0.25, -0.2) is 0 Å². The first-order chi connectivity index (χ1) is 8.98. The number of nitrogens with two attached hydrogens (primary N) is 1. The van der Waals surface area contributed by atoms with Crippen molar-refractivity contribution in [3.63, 3.8) is 0 Å². The summed E-state index contributed by atoms with van der Waals surface area (Å²) in [6, 6.07) is 1.41. The Bertz CT molecular complexity index is 286. The van der Waals surface area contributed by atoms with E-state index in [0.717, 1.165) is 18.5 Å². The summed E-state index contributed by atoms with van der Waals surface area (Å²) in [5, 5.41) is 0. The topological polar surface area (TPSA) is 32.5 Å². The maximum absolute atomic E-state index is 6.22. The number of rotatable bonds is 3. The first-order valence-electron chi connectivity index (χ1n) is 8.12. The maximum atomic E-state index is 6.22. The van der Waals surface area contributed by atoms with Gasteiger partial charge in [0.05, 0.1) is 0 Å². The summed E-state index contributed by atoms with van der Waals surface area (Å²) < 4.78 is 0. The van der Waals surface area contributed by atoms with Crippen molar-refractivity contribution in [1.82, 2.24) is 9.80 Å². The molecule has 1 saturated heterocycles. The number of likely N-dealkylation sites (tertiary alicyclic amines) is 1. The van der Waals surface area contributed by atoms with Crippen LogP contribution in [0.15, 0.2) is 0 Å². The molecule has 0 radical (unpaired) electrons. The van der Waals surface area contributed by atoms with E-state index in [1.54, 1.807) is 0 Å².